The molecule has 4 heteroatoms. The van der Waals surface area contributed by atoms with Crippen molar-refractivity contribution in [1.82, 2.24) is 5.32 Å². The topological polar surface area (TPSA) is 41.5 Å². The maximum atomic E-state index is 9.60. The Morgan fingerprint density at radius 2 is 2.12 bits per heavy atom. The second kappa shape index (κ2) is 5.53. The molecule has 0 aliphatic carbocycles. The van der Waals surface area contributed by atoms with Crippen molar-refractivity contribution in [3.05, 3.63) is 28.8 Å². The lowest BCUT2D eigenvalue weighted by molar-refractivity contribution is 0.0281. The molecule has 1 rings (SSSR count). The minimum Gasteiger partial charge on any atom is -0.490 e. The van der Waals surface area contributed by atoms with Gasteiger partial charge in [-0.1, -0.05) is 17.7 Å². The van der Waals surface area contributed by atoms with Gasteiger partial charge in [0.25, 0.3) is 0 Å². The van der Waals surface area contributed by atoms with Crippen LogP contribution in [0.15, 0.2) is 18.2 Å². The fourth-order valence-electron chi connectivity index (χ4n) is 1.28. The van der Waals surface area contributed by atoms with Crippen molar-refractivity contribution in [3.8, 4) is 5.75 Å². The van der Waals surface area contributed by atoms with E-state index >= 15 is 0 Å². The Morgan fingerprint density at radius 3 is 2.69 bits per heavy atom. The van der Waals surface area contributed by atoms with Crippen LogP contribution in [0.1, 0.15) is 19.4 Å². The van der Waals surface area contributed by atoms with Crippen molar-refractivity contribution in [2.24, 2.45) is 0 Å². The van der Waals surface area contributed by atoms with Gasteiger partial charge in [0.2, 0.25) is 0 Å². The molecule has 0 amide bonds. The van der Waals surface area contributed by atoms with Crippen LogP contribution in [-0.2, 0) is 6.54 Å². The van der Waals surface area contributed by atoms with E-state index in [0.717, 1.165) is 5.56 Å². The maximum Gasteiger partial charge on any atom is 0.125 e. The van der Waals surface area contributed by atoms with Gasteiger partial charge in [-0.15, -0.1) is 0 Å². The summed E-state index contributed by atoms with van der Waals surface area (Å²) in [6.07, 6.45) is 0. The molecule has 0 atom stereocenters. The quantitative estimate of drug-likeness (QED) is 0.833. The van der Waals surface area contributed by atoms with Gasteiger partial charge in [0.15, 0.2) is 0 Å². The minimum atomic E-state index is -0.848. The van der Waals surface area contributed by atoms with Gasteiger partial charge >= 0.3 is 0 Å². The van der Waals surface area contributed by atoms with Crippen LogP contribution in [0.25, 0.3) is 0 Å². The number of rotatable bonds is 5. The number of hydrogen-bond acceptors (Lipinski definition) is 3. The molecule has 0 unspecified atom stereocenters. The number of nitrogens with one attached hydrogen (secondary N) is 1. The van der Waals surface area contributed by atoms with E-state index < -0.39 is 5.60 Å². The molecule has 1 aromatic rings. The van der Waals surface area contributed by atoms with Crippen LogP contribution < -0.4 is 10.1 Å². The highest BCUT2D eigenvalue weighted by Gasteiger charge is 2.15. The summed E-state index contributed by atoms with van der Waals surface area (Å²) in [5.74, 6) is 0.712. The first kappa shape index (κ1) is 13.3. The SMILES string of the molecule is CNCc1c(Cl)cccc1OCC(C)(C)O. The van der Waals surface area contributed by atoms with E-state index in [1.807, 2.05) is 25.2 Å². The Balaban J connectivity index is 2.82. The van der Waals surface area contributed by atoms with Crippen LogP contribution in [0.4, 0.5) is 0 Å². The third-order valence-electron chi connectivity index (χ3n) is 2.01. The van der Waals surface area contributed by atoms with Crippen molar-refractivity contribution in [2.75, 3.05) is 13.7 Å². The predicted molar refractivity (Wildman–Crippen MR) is 66.0 cm³/mol. The van der Waals surface area contributed by atoms with E-state index in [9.17, 15) is 5.11 Å². The van der Waals surface area contributed by atoms with Crippen molar-refractivity contribution in [1.29, 1.82) is 0 Å². The average Bonchev–Trinajstić information content (AvgIpc) is 2.18. The molecule has 2 N–H and O–H groups in total. The third kappa shape index (κ3) is 4.00. The first-order valence-corrected chi connectivity index (χ1v) is 5.59. The lowest BCUT2D eigenvalue weighted by Gasteiger charge is -2.19. The van der Waals surface area contributed by atoms with Crippen LogP contribution in [0.2, 0.25) is 5.02 Å². The van der Waals surface area contributed by atoms with Gasteiger partial charge in [-0.25, -0.2) is 0 Å². The summed E-state index contributed by atoms with van der Waals surface area (Å²) in [6, 6.07) is 5.51. The lowest BCUT2D eigenvalue weighted by Crippen LogP contribution is -2.28. The molecule has 0 saturated carbocycles. The molecule has 90 valence electrons. The Hall–Kier alpha value is -0.770. The second-order valence-corrected chi connectivity index (χ2v) is 4.76. The van der Waals surface area contributed by atoms with Crippen molar-refractivity contribution in [3.63, 3.8) is 0 Å². The smallest absolute Gasteiger partial charge is 0.125 e. The molecule has 0 spiro atoms. The zero-order chi connectivity index (χ0) is 12.2. The van der Waals surface area contributed by atoms with Crippen LogP contribution in [0, 0.1) is 0 Å². The molecule has 1 aromatic carbocycles. The second-order valence-electron chi connectivity index (χ2n) is 4.35. The predicted octanol–water partition coefficient (Wildman–Crippen LogP) is 2.21. The van der Waals surface area contributed by atoms with Gasteiger partial charge in [-0.2, -0.15) is 0 Å². The number of hydrogen-bond donors (Lipinski definition) is 2. The molecule has 0 saturated heterocycles. The van der Waals surface area contributed by atoms with Crippen LogP contribution in [0.3, 0.4) is 0 Å². The fourth-order valence-corrected chi connectivity index (χ4v) is 1.51. The Bertz CT molecular complexity index is 347. The van der Waals surface area contributed by atoms with Gasteiger partial charge in [0, 0.05) is 17.1 Å². The van der Waals surface area contributed by atoms with E-state index in [1.165, 1.54) is 0 Å². The first-order chi connectivity index (χ1) is 7.44. The molecule has 0 bridgehead atoms. The summed E-state index contributed by atoms with van der Waals surface area (Å²) in [5.41, 5.74) is 0.0649. The summed E-state index contributed by atoms with van der Waals surface area (Å²) in [6.45, 7) is 4.29. The molecule has 3 nitrogen and oxygen atoms in total. The van der Waals surface area contributed by atoms with Gasteiger partial charge in [0.05, 0.1) is 5.60 Å². The Labute approximate surface area is 101 Å². The molecular formula is C12H18ClNO2. The molecule has 0 heterocycles. The summed E-state index contributed by atoms with van der Waals surface area (Å²) < 4.78 is 5.56. The highest BCUT2D eigenvalue weighted by Crippen LogP contribution is 2.26. The monoisotopic (exact) mass is 243 g/mol. The highest BCUT2D eigenvalue weighted by molar-refractivity contribution is 6.31. The Kier molecular flexibility index (Phi) is 4.59. The lowest BCUT2D eigenvalue weighted by atomic mass is 10.1. The first-order valence-electron chi connectivity index (χ1n) is 5.21. The normalized spacial score (nSPS) is 11.6. The zero-order valence-corrected chi connectivity index (χ0v) is 10.6. The number of ether oxygens (including phenoxy) is 1. The van der Waals surface area contributed by atoms with E-state index in [2.05, 4.69) is 5.32 Å². The molecule has 0 aliphatic heterocycles. The maximum absolute atomic E-state index is 9.60. The number of aliphatic hydroxyl groups is 1. The van der Waals surface area contributed by atoms with E-state index in [4.69, 9.17) is 16.3 Å². The van der Waals surface area contributed by atoms with Crippen LogP contribution >= 0.6 is 11.6 Å². The summed E-state index contributed by atoms with van der Waals surface area (Å²) in [5, 5.41) is 13.3. The molecular weight excluding hydrogens is 226 g/mol. The van der Waals surface area contributed by atoms with Gasteiger partial charge in [-0.05, 0) is 33.0 Å². The third-order valence-corrected chi connectivity index (χ3v) is 2.36. The Morgan fingerprint density at radius 1 is 1.44 bits per heavy atom. The summed E-state index contributed by atoms with van der Waals surface area (Å²) in [7, 11) is 1.85. The molecule has 0 fully saturated rings. The van der Waals surface area contributed by atoms with Crippen molar-refractivity contribution in [2.45, 2.75) is 26.0 Å². The molecule has 0 aliphatic rings. The fraction of sp³-hybridized carbons (Fsp3) is 0.500. The molecule has 0 aromatic heterocycles. The van der Waals surface area contributed by atoms with Gasteiger partial charge < -0.3 is 15.2 Å². The standard InChI is InChI=1S/C12H18ClNO2/c1-12(2,15)8-16-11-6-4-5-10(13)9(11)7-14-3/h4-6,14-15H,7-8H2,1-3H3. The van der Waals surface area contributed by atoms with Gasteiger partial charge in [0.1, 0.15) is 12.4 Å². The van der Waals surface area contributed by atoms with E-state index in [0.29, 0.717) is 17.3 Å². The van der Waals surface area contributed by atoms with Crippen LogP contribution in [0.5, 0.6) is 5.75 Å². The number of halogens is 1. The van der Waals surface area contributed by atoms with E-state index in [-0.39, 0.29) is 6.61 Å². The molecule has 0 radical (unpaired) electrons. The summed E-state index contributed by atoms with van der Waals surface area (Å²) >= 11 is 6.08. The van der Waals surface area contributed by atoms with Crippen LogP contribution in [-0.4, -0.2) is 24.4 Å². The summed E-state index contributed by atoms with van der Waals surface area (Å²) in [4.78, 5) is 0. The minimum absolute atomic E-state index is 0.240. The van der Waals surface area contributed by atoms with E-state index in [1.54, 1.807) is 13.8 Å². The van der Waals surface area contributed by atoms with Crippen molar-refractivity contribution < 1.29 is 9.84 Å². The van der Waals surface area contributed by atoms with Crippen molar-refractivity contribution >= 4 is 11.6 Å². The largest absolute Gasteiger partial charge is 0.490 e. The number of benzene rings is 1. The highest BCUT2D eigenvalue weighted by atomic mass is 35.5. The average molecular weight is 244 g/mol. The zero-order valence-electron chi connectivity index (χ0n) is 9.88. The van der Waals surface area contributed by atoms with Gasteiger partial charge in [-0.3, -0.25) is 0 Å². The molecule has 16 heavy (non-hydrogen) atoms.